The van der Waals surface area contributed by atoms with Crippen LogP contribution in [0.5, 0.6) is 0 Å². The molecule has 0 bridgehead atoms. The van der Waals surface area contributed by atoms with E-state index in [9.17, 15) is 14.4 Å². The molecule has 0 aliphatic carbocycles. The van der Waals surface area contributed by atoms with Gasteiger partial charge in [-0.3, -0.25) is 9.59 Å². The van der Waals surface area contributed by atoms with Crippen LogP contribution in [0.1, 0.15) is 33.6 Å². The molecule has 1 aliphatic heterocycles. The number of amides is 2. The fourth-order valence-electron chi connectivity index (χ4n) is 2.72. The van der Waals surface area contributed by atoms with Gasteiger partial charge in [0.2, 0.25) is 11.7 Å². The Morgan fingerprint density at radius 3 is 2.42 bits per heavy atom. The normalized spacial score (nSPS) is 21.5. The molecule has 0 aromatic rings. The van der Waals surface area contributed by atoms with E-state index >= 15 is 0 Å². The van der Waals surface area contributed by atoms with Crippen LogP contribution in [0.2, 0.25) is 0 Å². The Morgan fingerprint density at radius 1 is 1.35 bits per heavy atom. The van der Waals surface area contributed by atoms with Gasteiger partial charge < -0.3 is 19.7 Å². The second kappa shape index (κ2) is 10.3. The van der Waals surface area contributed by atoms with Gasteiger partial charge in [-0.15, -0.1) is 0 Å². The number of azide groups is 1. The number of ether oxygens (including phenoxy) is 2. The Kier molecular flexibility index (Phi) is 8.44. The number of carbonyl (C=O) groups excluding carboxylic acids is 3. The van der Waals surface area contributed by atoms with Gasteiger partial charge in [0.05, 0.1) is 19.2 Å². The van der Waals surface area contributed by atoms with Gasteiger partial charge in [-0.25, -0.2) is 4.79 Å². The molecule has 144 valence electrons. The van der Waals surface area contributed by atoms with E-state index in [1.165, 1.54) is 20.1 Å². The highest BCUT2D eigenvalue weighted by atomic mass is 16.6. The van der Waals surface area contributed by atoms with Crippen LogP contribution in [0.25, 0.3) is 10.4 Å². The summed E-state index contributed by atoms with van der Waals surface area (Å²) in [6.07, 6.45) is 1.53. The number of carbonyl (C=O) groups is 3. The molecule has 3 atom stereocenters. The summed E-state index contributed by atoms with van der Waals surface area (Å²) in [6, 6.07) is -1.90. The molecule has 1 N–H and O–H groups in total. The Bertz CT molecular complexity index is 608. The van der Waals surface area contributed by atoms with E-state index in [-0.39, 0.29) is 11.7 Å². The van der Waals surface area contributed by atoms with E-state index in [2.05, 4.69) is 20.1 Å². The maximum absolute atomic E-state index is 13.0. The molecular weight excluding hydrogens is 342 g/mol. The zero-order valence-electron chi connectivity index (χ0n) is 15.5. The standard InChI is InChI=1S/C16H25N5O5/c1-5-7-21(8-6-2)15(23)14-13(18-10(3)22)11(19-20-17)9-12(26-14)16(24)25-4/h9,11,13-14H,5-8H2,1-4H3,(H,18,22)/t11-,13-,14-/m1/s1. The summed E-state index contributed by atoms with van der Waals surface area (Å²) < 4.78 is 10.2. The molecule has 0 aromatic heterocycles. The Balaban J connectivity index is 3.30. The van der Waals surface area contributed by atoms with Crippen LogP contribution in [0.3, 0.4) is 0 Å². The molecule has 0 aromatic carbocycles. The fraction of sp³-hybridized carbons (Fsp3) is 0.688. The number of hydrogen-bond acceptors (Lipinski definition) is 6. The molecule has 0 unspecified atom stereocenters. The van der Waals surface area contributed by atoms with Crippen molar-refractivity contribution in [1.29, 1.82) is 0 Å². The lowest BCUT2D eigenvalue weighted by Crippen LogP contribution is -2.58. The third-order valence-electron chi connectivity index (χ3n) is 3.75. The van der Waals surface area contributed by atoms with Crippen LogP contribution in [0.4, 0.5) is 0 Å². The van der Waals surface area contributed by atoms with Gasteiger partial charge in [0, 0.05) is 24.9 Å². The predicted molar refractivity (Wildman–Crippen MR) is 92.7 cm³/mol. The monoisotopic (exact) mass is 367 g/mol. The highest BCUT2D eigenvalue weighted by Crippen LogP contribution is 2.24. The van der Waals surface area contributed by atoms with Crippen molar-refractivity contribution in [2.75, 3.05) is 20.2 Å². The van der Waals surface area contributed by atoms with Crippen molar-refractivity contribution in [2.24, 2.45) is 5.11 Å². The van der Waals surface area contributed by atoms with Gasteiger partial charge in [0.25, 0.3) is 5.91 Å². The maximum Gasteiger partial charge on any atom is 0.373 e. The summed E-state index contributed by atoms with van der Waals surface area (Å²) in [7, 11) is 1.17. The molecule has 10 nitrogen and oxygen atoms in total. The van der Waals surface area contributed by atoms with Crippen LogP contribution in [0.15, 0.2) is 16.9 Å². The summed E-state index contributed by atoms with van der Waals surface area (Å²) in [5, 5.41) is 6.19. The van der Waals surface area contributed by atoms with Crippen LogP contribution in [-0.4, -0.2) is 61.1 Å². The Morgan fingerprint density at radius 2 is 1.96 bits per heavy atom. The number of esters is 1. The van der Waals surface area contributed by atoms with E-state index in [1.807, 2.05) is 13.8 Å². The summed E-state index contributed by atoms with van der Waals surface area (Å²) in [6.45, 7) is 6.16. The molecule has 0 spiro atoms. The van der Waals surface area contributed by atoms with Gasteiger partial charge in [-0.1, -0.05) is 19.0 Å². The maximum atomic E-state index is 13.0. The third kappa shape index (κ3) is 5.38. The molecule has 0 saturated carbocycles. The number of nitrogens with one attached hydrogen (secondary N) is 1. The smallest absolute Gasteiger partial charge is 0.373 e. The lowest BCUT2D eigenvalue weighted by atomic mass is 9.97. The third-order valence-corrected chi connectivity index (χ3v) is 3.75. The molecule has 1 rings (SSSR count). The summed E-state index contributed by atoms with van der Waals surface area (Å²) in [5.74, 6) is -1.82. The van der Waals surface area contributed by atoms with Crippen molar-refractivity contribution in [3.05, 3.63) is 22.3 Å². The molecule has 26 heavy (non-hydrogen) atoms. The van der Waals surface area contributed by atoms with Crippen molar-refractivity contribution in [2.45, 2.75) is 51.8 Å². The van der Waals surface area contributed by atoms with E-state index < -0.39 is 30.1 Å². The lowest BCUT2D eigenvalue weighted by Gasteiger charge is -2.37. The van der Waals surface area contributed by atoms with E-state index in [0.29, 0.717) is 13.1 Å². The van der Waals surface area contributed by atoms with Crippen molar-refractivity contribution in [1.82, 2.24) is 10.2 Å². The molecule has 1 heterocycles. The average Bonchev–Trinajstić information content (AvgIpc) is 2.61. The van der Waals surface area contributed by atoms with Crippen LogP contribution >= 0.6 is 0 Å². The molecule has 1 aliphatic rings. The number of nitrogens with zero attached hydrogens (tertiary/aromatic N) is 4. The quantitative estimate of drug-likeness (QED) is 0.298. The summed E-state index contributed by atoms with van der Waals surface area (Å²) in [5.41, 5.74) is 8.82. The topological polar surface area (TPSA) is 134 Å². The fourth-order valence-corrected chi connectivity index (χ4v) is 2.72. The van der Waals surface area contributed by atoms with Gasteiger partial charge >= 0.3 is 5.97 Å². The summed E-state index contributed by atoms with van der Waals surface area (Å²) in [4.78, 5) is 40.8. The van der Waals surface area contributed by atoms with Gasteiger partial charge in [0.15, 0.2) is 6.10 Å². The molecule has 0 radical (unpaired) electrons. The second-order valence-electron chi connectivity index (χ2n) is 5.81. The first-order chi connectivity index (χ1) is 12.4. The minimum Gasteiger partial charge on any atom is -0.471 e. The first kappa shape index (κ1) is 21.3. The zero-order valence-corrected chi connectivity index (χ0v) is 15.5. The van der Waals surface area contributed by atoms with Gasteiger partial charge in [-0.2, -0.15) is 0 Å². The van der Waals surface area contributed by atoms with E-state index in [1.54, 1.807) is 4.90 Å². The first-order valence-electron chi connectivity index (χ1n) is 8.46. The molecule has 10 heteroatoms. The molecular formula is C16H25N5O5. The van der Waals surface area contributed by atoms with Crippen molar-refractivity contribution < 1.29 is 23.9 Å². The number of methoxy groups -OCH3 is 1. The first-order valence-corrected chi connectivity index (χ1v) is 8.46. The van der Waals surface area contributed by atoms with Crippen molar-refractivity contribution in [3.63, 3.8) is 0 Å². The highest BCUT2D eigenvalue weighted by molar-refractivity contribution is 5.89. The SMILES string of the molecule is CCCN(CCC)C(=O)[C@@H]1OC(C(=O)OC)=C[C@@H](N=[N+]=[N-])[C@H]1NC(C)=O. The average molecular weight is 367 g/mol. The predicted octanol–water partition coefficient (Wildman–Crippen LogP) is 1.27. The lowest BCUT2D eigenvalue weighted by molar-refractivity contribution is -0.150. The molecule has 0 fully saturated rings. The van der Waals surface area contributed by atoms with Crippen LogP contribution < -0.4 is 5.32 Å². The number of hydrogen-bond donors (Lipinski definition) is 1. The second-order valence-corrected chi connectivity index (χ2v) is 5.81. The Hall–Kier alpha value is -2.74. The zero-order chi connectivity index (χ0) is 19.7. The van der Waals surface area contributed by atoms with E-state index in [0.717, 1.165) is 12.8 Å². The summed E-state index contributed by atoms with van der Waals surface area (Å²) >= 11 is 0. The minimum atomic E-state index is -1.20. The van der Waals surface area contributed by atoms with E-state index in [4.69, 9.17) is 10.3 Å². The Labute approximate surface area is 152 Å². The van der Waals surface area contributed by atoms with Gasteiger partial charge in [0.1, 0.15) is 0 Å². The highest BCUT2D eigenvalue weighted by Gasteiger charge is 2.43. The number of rotatable bonds is 8. The van der Waals surface area contributed by atoms with Crippen LogP contribution in [-0.2, 0) is 23.9 Å². The largest absolute Gasteiger partial charge is 0.471 e. The van der Waals surface area contributed by atoms with Crippen LogP contribution in [0, 0.1) is 0 Å². The van der Waals surface area contributed by atoms with Crippen molar-refractivity contribution in [3.8, 4) is 0 Å². The molecule has 0 saturated heterocycles. The van der Waals surface area contributed by atoms with Gasteiger partial charge in [-0.05, 0) is 24.4 Å². The minimum absolute atomic E-state index is 0.224. The van der Waals surface area contributed by atoms with Crippen molar-refractivity contribution >= 4 is 17.8 Å². The molecule has 2 amide bonds.